The minimum absolute atomic E-state index is 0.0498. The van der Waals surface area contributed by atoms with Crippen molar-refractivity contribution in [3.8, 4) is 0 Å². The predicted molar refractivity (Wildman–Crippen MR) is 287 cm³/mol. The lowest BCUT2D eigenvalue weighted by molar-refractivity contribution is -0.151. The zero-order chi connectivity index (χ0) is 48.1. The first kappa shape index (κ1) is 63.6. The van der Waals surface area contributed by atoms with E-state index in [1.54, 1.807) is 0 Å². The van der Waals surface area contributed by atoms with Gasteiger partial charge in [0.1, 0.15) is 6.10 Å². The zero-order valence-electron chi connectivity index (χ0n) is 43.8. The number of hydrogen-bond donors (Lipinski definition) is 3. The van der Waals surface area contributed by atoms with E-state index >= 15 is 0 Å². The molecule has 0 aromatic carbocycles. The first-order valence-corrected chi connectivity index (χ1v) is 28.5. The van der Waals surface area contributed by atoms with Crippen LogP contribution in [0.3, 0.4) is 0 Å². The van der Waals surface area contributed by atoms with Crippen molar-refractivity contribution < 1.29 is 24.5 Å². The maximum atomic E-state index is 13.2. The number of carbonyl (C=O) groups excluding carboxylic acids is 2. The van der Waals surface area contributed by atoms with Crippen LogP contribution in [0.4, 0.5) is 0 Å². The third-order valence-electron chi connectivity index (χ3n) is 12.8. The van der Waals surface area contributed by atoms with Gasteiger partial charge in [0.05, 0.1) is 25.2 Å². The number of ether oxygens (including phenoxy) is 1. The quantitative estimate of drug-likeness (QED) is 0.0321. The Kier molecular flexibility index (Phi) is 51.5. The lowest BCUT2D eigenvalue weighted by atomic mass is 10.0. The van der Waals surface area contributed by atoms with Crippen molar-refractivity contribution in [1.82, 2.24) is 5.32 Å². The van der Waals surface area contributed by atoms with Gasteiger partial charge >= 0.3 is 5.97 Å². The van der Waals surface area contributed by atoms with Gasteiger partial charge < -0.3 is 20.3 Å². The van der Waals surface area contributed by atoms with Crippen molar-refractivity contribution in [1.29, 1.82) is 0 Å². The fourth-order valence-corrected chi connectivity index (χ4v) is 8.47. The molecule has 0 fully saturated rings. The molecule has 0 aromatic rings. The van der Waals surface area contributed by atoms with Crippen LogP contribution in [-0.2, 0) is 14.3 Å². The highest BCUT2D eigenvalue weighted by atomic mass is 16.5. The Balaban J connectivity index is 4.60. The molecule has 0 saturated heterocycles. The Morgan fingerprint density at radius 3 is 1.21 bits per heavy atom. The molecule has 0 rings (SSSR count). The summed E-state index contributed by atoms with van der Waals surface area (Å²) in [4.78, 5) is 26.3. The summed E-state index contributed by atoms with van der Waals surface area (Å²) in [5.41, 5.74) is 0. The number of hydrogen-bond acceptors (Lipinski definition) is 5. The number of amides is 1. The minimum atomic E-state index is -0.800. The molecule has 0 aliphatic heterocycles. The van der Waals surface area contributed by atoms with Gasteiger partial charge in [0, 0.05) is 6.42 Å². The number of esters is 1. The molecule has 0 radical (unpaired) electrons. The zero-order valence-corrected chi connectivity index (χ0v) is 43.8. The van der Waals surface area contributed by atoms with Gasteiger partial charge in [0.25, 0.3) is 0 Å². The molecule has 6 nitrogen and oxygen atoms in total. The van der Waals surface area contributed by atoms with Crippen LogP contribution >= 0.6 is 0 Å². The Morgan fingerprint density at radius 1 is 0.439 bits per heavy atom. The summed E-state index contributed by atoms with van der Waals surface area (Å²) in [5.74, 6) is -0.510. The Bertz CT molecular complexity index is 1170. The first-order valence-electron chi connectivity index (χ1n) is 28.5. The van der Waals surface area contributed by atoms with E-state index < -0.39 is 18.2 Å². The number of aliphatic hydroxyl groups excluding tert-OH is 2. The molecular weight excluding hydrogens is 815 g/mol. The number of rotatable bonds is 51. The van der Waals surface area contributed by atoms with Crippen molar-refractivity contribution in [3.63, 3.8) is 0 Å². The molecule has 384 valence electrons. The molecule has 1 amide bonds. The van der Waals surface area contributed by atoms with Crippen LogP contribution in [0.25, 0.3) is 0 Å². The van der Waals surface area contributed by atoms with Crippen LogP contribution in [0.5, 0.6) is 0 Å². The molecule has 66 heavy (non-hydrogen) atoms. The van der Waals surface area contributed by atoms with E-state index in [1.165, 1.54) is 161 Å². The van der Waals surface area contributed by atoms with Crippen LogP contribution in [0.1, 0.15) is 284 Å². The topological polar surface area (TPSA) is 95.9 Å². The van der Waals surface area contributed by atoms with Gasteiger partial charge in [0.2, 0.25) is 5.91 Å². The van der Waals surface area contributed by atoms with Gasteiger partial charge in [-0.25, -0.2) is 0 Å². The normalized spacial score (nSPS) is 13.6. The van der Waals surface area contributed by atoms with E-state index in [1.807, 2.05) is 0 Å². The molecule has 0 aliphatic carbocycles. The van der Waals surface area contributed by atoms with Crippen LogP contribution in [0, 0.1) is 0 Å². The van der Waals surface area contributed by atoms with Gasteiger partial charge in [-0.1, -0.05) is 236 Å². The van der Waals surface area contributed by atoms with E-state index in [0.29, 0.717) is 19.3 Å². The SMILES string of the molecule is CCCCC/C=C\C/C=C\C/C=C\CCCCC(CC(=O)NC(CO)C(O)CCCCCCCCCCCCCCC)OC(=O)CCCCCCCCCCC/C=C\C/C=C\CCCCC. The third kappa shape index (κ3) is 48.0. The molecule has 0 aliphatic rings. The smallest absolute Gasteiger partial charge is 0.306 e. The summed E-state index contributed by atoms with van der Waals surface area (Å²) < 4.78 is 5.94. The van der Waals surface area contributed by atoms with Crippen molar-refractivity contribution >= 4 is 11.9 Å². The van der Waals surface area contributed by atoms with Crippen molar-refractivity contribution in [3.05, 3.63) is 60.8 Å². The average molecular weight is 925 g/mol. The molecule has 6 heteroatoms. The van der Waals surface area contributed by atoms with Gasteiger partial charge in [-0.2, -0.15) is 0 Å². The van der Waals surface area contributed by atoms with Crippen LogP contribution < -0.4 is 5.32 Å². The van der Waals surface area contributed by atoms with Crippen LogP contribution in [-0.4, -0.2) is 46.9 Å². The molecule has 0 spiro atoms. The predicted octanol–water partition coefficient (Wildman–Crippen LogP) is 17.6. The summed E-state index contributed by atoms with van der Waals surface area (Å²) in [5, 5.41) is 23.8. The molecule has 3 atom stereocenters. The Labute approximate surface area is 409 Å². The highest BCUT2D eigenvalue weighted by Crippen LogP contribution is 2.18. The third-order valence-corrected chi connectivity index (χ3v) is 12.8. The summed E-state index contributed by atoms with van der Waals surface area (Å²) in [6.07, 6.45) is 67.1. The summed E-state index contributed by atoms with van der Waals surface area (Å²) in [6, 6.07) is -0.716. The van der Waals surface area contributed by atoms with E-state index in [0.717, 1.165) is 77.0 Å². The number of nitrogens with one attached hydrogen (secondary N) is 1. The van der Waals surface area contributed by atoms with Crippen molar-refractivity contribution in [2.45, 2.75) is 302 Å². The second-order valence-electron chi connectivity index (χ2n) is 19.3. The summed E-state index contributed by atoms with van der Waals surface area (Å²) in [7, 11) is 0. The van der Waals surface area contributed by atoms with Gasteiger partial charge in [0.15, 0.2) is 0 Å². The maximum Gasteiger partial charge on any atom is 0.306 e. The largest absolute Gasteiger partial charge is 0.462 e. The fourth-order valence-electron chi connectivity index (χ4n) is 8.47. The number of allylic oxidation sites excluding steroid dienone is 10. The number of aliphatic hydroxyl groups is 2. The second-order valence-corrected chi connectivity index (χ2v) is 19.3. The van der Waals surface area contributed by atoms with E-state index in [2.05, 4.69) is 86.8 Å². The Hall–Kier alpha value is -2.44. The molecule has 0 aromatic heterocycles. The molecular formula is C60H109NO5. The first-order chi connectivity index (χ1) is 32.5. The molecule has 0 bridgehead atoms. The lowest BCUT2D eigenvalue weighted by Crippen LogP contribution is -2.46. The van der Waals surface area contributed by atoms with Gasteiger partial charge in [-0.15, -0.1) is 0 Å². The number of carbonyl (C=O) groups is 2. The lowest BCUT2D eigenvalue weighted by Gasteiger charge is -2.24. The van der Waals surface area contributed by atoms with Crippen molar-refractivity contribution in [2.75, 3.05) is 6.61 Å². The standard InChI is InChI=1S/C60H109NO5/c1-4-7-10-13-16-19-22-25-27-28-29-30-32-35-38-41-44-47-50-53-60(65)66-56(51-48-45-42-39-36-34-31-26-23-20-17-14-11-8-5-2)54-59(64)61-57(55-62)58(63)52-49-46-43-40-37-33-24-21-18-15-12-9-6-3/h16-17,19-20,25-27,31,36,39,56-58,62-63H,4-15,18,21-24,28-30,32-35,37-38,40-55H2,1-3H3,(H,61,64)/b19-16-,20-17-,27-25-,31-26-,39-36-. The summed E-state index contributed by atoms with van der Waals surface area (Å²) in [6.45, 7) is 6.44. The monoisotopic (exact) mass is 924 g/mol. The molecule has 3 N–H and O–H groups in total. The minimum Gasteiger partial charge on any atom is -0.462 e. The average Bonchev–Trinajstić information content (AvgIpc) is 3.31. The molecule has 0 heterocycles. The van der Waals surface area contributed by atoms with E-state index in [-0.39, 0.29) is 24.9 Å². The summed E-state index contributed by atoms with van der Waals surface area (Å²) >= 11 is 0. The maximum absolute atomic E-state index is 13.2. The highest BCUT2D eigenvalue weighted by Gasteiger charge is 2.24. The van der Waals surface area contributed by atoms with Crippen LogP contribution in [0.2, 0.25) is 0 Å². The van der Waals surface area contributed by atoms with Crippen molar-refractivity contribution in [2.24, 2.45) is 0 Å². The molecule has 3 unspecified atom stereocenters. The Morgan fingerprint density at radius 2 is 0.773 bits per heavy atom. The van der Waals surface area contributed by atoms with E-state index in [4.69, 9.17) is 4.74 Å². The van der Waals surface area contributed by atoms with E-state index in [9.17, 15) is 19.8 Å². The van der Waals surface area contributed by atoms with Gasteiger partial charge in [-0.3, -0.25) is 9.59 Å². The molecule has 0 saturated carbocycles. The highest BCUT2D eigenvalue weighted by molar-refractivity contribution is 5.77. The van der Waals surface area contributed by atoms with Crippen LogP contribution in [0.15, 0.2) is 60.8 Å². The second kappa shape index (κ2) is 53.5. The fraction of sp³-hybridized carbons (Fsp3) is 0.800. The van der Waals surface area contributed by atoms with Gasteiger partial charge in [-0.05, 0) is 96.3 Å². The number of unbranched alkanes of at least 4 members (excludes halogenated alkanes) is 29.